The number of esters is 1. The first-order chi connectivity index (χ1) is 9.13. The highest BCUT2D eigenvalue weighted by atomic mass is 19.1. The minimum absolute atomic E-state index is 0.00222. The third-order valence-electron chi connectivity index (χ3n) is 2.40. The van der Waals surface area contributed by atoms with Gasteiger partial charge in [0.15, 0.2) is 11.6 Å². The first kappa shape index (κ1) is 12.8. The second-order valence-electron chi connectivity index (χ2n) is 3.60. The van der Waals surface area contributed by atoms with Crippen LogP contribution in [0.25, 0.3) is 0 Å². The number of methoxy groups -OCH3 is 1. The third-order valence-corrected chi connectivity index (χ3v) is 2.40. The van der Waals surface area contributed by atoms with E-state index in [2.05, 4.69) is 9.72 Å². The highest BCUT2D eigenvalue weighted by Crippen LogP contribution is 2.29. The summed E-state index contributed by atoms with van der Waals surface area (Å²) in [7, 11) is 1.24. The Hall–Kier alpha value is -2.63. The van der Waals surface area contributed by atoms with Gasteiger partial charge in [-0.15, -0.1) is 0 Å². The van der Waals surface area contributed by atoms with Crippen molar-refractivity contribution < 1.29 is 18.7 Å². The average molecular weight is 262 g/mol. The number of hydrogen-bond acceptors (Lipinski definition) is 5. The Morgan fingerprint density at radius 2 is 2.05 bits per heavy atom. The number of aromatic nitrogens is 1. The van der Waals surface area contributed by atoms with Crippen LogP contribution in [0, 0.1) is 5.82 Å². The molecule has 0 spiro atoms. The summed E-state index contributed by atoms with van der Waals surface area (Å²) in [6.07, 6.45) is 1.33. The maximum atomic E-state index is 13.4. The lowest BCUT2D eigenvalue weighted by Crippen LogP contribution is -2.07. The van der Waals surface area contributed by atoms with Crippen molar-refractivity contribution in [3.05, 3.63) is 47.9 Å². The van der Waals surface area contributed by atoms with E-state index in [0.29, 0.717) is 0 Å². The molecule has 0 unspecified atom stereocenters. The fourth-order valence-corrected chi connectivity index (χ4v) is 1.45. The number of rotatable bonds is 3. The number of halogens is 1. The first-order valence-electron chi connectivity index (χ1n) is 5.38. The second kappa shape index (κ2) is 5.34. The molecule has 0 saturated heterocycles. The van der Waals surface area contributed by atoms with Gasteiger partial charge in [-0.3, -0.25) is 0 Å². The first-order valence-corrected chi connectivity index (χ1v) is 5.38. The zero-order chi connectivity index (χ0) is 13.8. The van der Waals surface area contributed by atoms with E-state index in [-0.39, 0.29) is 22.9 Å². The van der Waals surface area contributed by atoms with Crippen LogP contribution < -0.4 is 10.5 Å². The number of nitrogen functional groups attached to an aromatic ring is 1. The Bertz CT molecular complexity index is 617. The molecule has 0 aliphatic rings. The van der Waals surface area contributed by atoms with Crippen LogP contribution in [0.3, 0.4) is 0 Å². The Labute approximate surface area is 108 Å². The number of anilines is 1. The van der Waals surface area contributed by atoms with E-state index in [0.717, 1.165) is 0 Å². The van der Waals surface area contributed by atoms with Gasteiger partial charge in [-0.25, -0.2) is 14.2 Å². The summed E-state index contributed by atoms with van der Waals surface area (Å²) in [6.45, 7) is 0. The molecule has 1 heterocycles. The molecule has 0 atom stereocenters. The molecule has 1 aromatic heterocycles. The monoisotopic (exact) mass is 262 g/mol. The Balaban J connectivity index is 2.37. The number of pyridine rings is 1. The maximum absolute atomic E-state index is 13.4. The van der Waals surface area contributed by atoms with Gasteiger partial charge in [0.05, 0.1) is 12.7 Å². The van der Waals surface area contributed by atoms with Gasteiger partial charge < -0.3 is 15.2 Å². The SMILES string of the molecule is COC(=O)c1ccnc(Oc2ccccc2F)c1N. The summed E-state index contributed by atoms with van der Waals surface area (Å²) >= 11 is 0. The molecule has 5 nitrogen and oxygen atoms in total. The van der Waals surface area contributed by atoms with Crippen molar-refractivity contribution in [2.75, 3.05) is 12.8 Å². The average Bonchev–Trinajstić information content (AvgIpc) is 2.42. The minimum atomic E-state index is -0.613. The quantitative estimate of drug-likeness (QED) is 0.859. The van der Waals surface area contributed by atoms with Crippen LogP contribution in [-0.4, -0.2) is 18.1 Å². The van der Waals surface area contributed by atoms with Crippen LogP contribution in [0.4, 0.5) is 10.1 Å². The van der Waals surface area contributed by atoms with Crippen LogP contribution in [0.2, 0.25) is 0 Å². The largest absolute Gasteiger partial charge is 0.465 e. The van der Waals surface area contributed by atoms with Crippen LogP contribution in [0.1, 0.15) is 10.4 Å². The molecular formula is C13H11FN2O3. The van der Waals surface area contributed by atoms with Gasteiger partial charge in [-0.1, -0.05) is 12.1 Å². The van der Waals surface area contributed by atoms with Crippen molar-refractivity contribution in [1.82, 2.24) is 4.98 Å². The van der Waals surface area contributed by atoms with Gasteiger partial charge in [-0.05, 0) is 18.2 Å². The highest BCUT2D eigenvalue weighted by Gasteiger charge is 2.16. The Kier molecular flexibility index (Phi) is 3.61. The van der Waals surface area contributed by atoms with Gasteiger partial charge in [0.1, 0.15) is 5.69 Å². The van der Waals surface area contributed by atoms with Crippen molar-refractivity contribution >= 4 is 11.7 Å². The Morgan fingerprint density at radius 1 is 1.32 bits per heavy atom. The van der Waals surface area contributed by atoms with Crippen LogP contribution >= 0.6 is 0 Å². The fraction of sp³-hybridized carbons (Fsp3) is 0.0769. The number of benzene rings is 1. The van der Waals surface area contributed by atoms with E-state index in [1.165, 1.54) is 37.6 Å². The maximum Gasteiger partial charge on any atom is 0.340 e. The summed E-state index contributed by atoms with van der Waals surface area (Å²) in [6, 6.07) is 7.22. The lowest BCUT2D eigenvalue weighted by Gasteiger charge is -2.10. The van der Waals surface area contributed by atoms with Crippen molar-refractivity contribution in [2.45, 2.75) is 0 Å². The molecule has 0 bridgehead atoms. The topological polar surface area (TPSA) is 74.4 Å². The van der Waals surface area contributed by atoms with Crippen molar-refractivity contribution in [3.8, 4) is 11.6 Å². The van der Waals surface area contributed by atoms with Gasteiger partial charge >= 0.3 is 5.97 Å². The van der Waals surface area contributed by atoms with Gasteiger partial charge in [-0.2, -0.15) is 0 Å². The lowest BCUT2D eigenvalue weighted by atomic mass is 10.2. The van der Waals surface area contributed by atoms with E-state index in [4.69, 9.17) is 10.5 Å². The molecule has 1 aromatic carbocycles. The number of hydrogen-bond donors (Lipinski definition) is 1. The summed E-state index contributed by atoms with van der Waals surface area (Å²) in [5.41, 5.74) is 5.86. The number of carbonyl (C=O) groups is 1. The standard InChI is InChI=1S/C13H11FN2O3/c1-18-13(17)8-6-7-16-12(11(8)15)19-10-5-3-2-4-9(10)14/h2-7H,15H2,1H3. The van der Waals surface area contributed by atoms with Crippen molar-refractivity contribution in [2.24, 2.45) is 0 Å². The van der Waals surface area contributed by atoms with Crippen LogP contribution in [0.15, 0.2) is 36.5 Å². The summed E-state index contributed by atoms with van der Waals surface area (Å²) in [5, 5.41) is 0. The van der Waals surface area contributed by atoms with E-state index >= 15 is 0 Å². The molecule has 2 aromatic rings. The van der Waals surface area contributed by atoms with E-state index in [1.807, 2.05) is 0 Å². The summed E-state index contributed by atoms with van der Waals surface area (Å²) in [5.74, 6) is -1.23. The number of para-hydroxylation sites is 1. The number of nitrogens with two attached hydrogens (primary N) is 1. The van der Waals surface area contributed by atoms with E-state index < -0.39 is 11.8 Å². The molecule has 2 rings (SSSR count). The molecular weight excluding hydrogens is 251 g/mol. The van der Waals surface area contributed by atoms with Gasteiger partial charge in [0.25, 0.3) is 0 Å². The molecule has 2 N–H and O–H groups in total. The normalized spacial score (nSPS) is 10.0. The second-order valence-corrected chi connectivity index (χ2v) is 3.60. The molecule has 0 radical (unpaired) electrons. The predicted molar refractivity (Wildman–Crippen MR) is 66.5 cm³/mol. The molecule has 6 heteroatoms. The van der Waals surface area contributed by atoms with E-state index in [1.54, 1.807) is 6.07 Å². The number of carbonyl (C=O) groups excluding carboxylic acids is 1. The van der Waals surface area contributed by atoms with Crippen molar-refractivity contribution in [3.63, 3.8) is 0 Å². The molecule has 0 saturated carbocycles. The molecule has 0 fully saturated rings. The smallest absolute Gasteiger partial charge is 0.340 e. The number of ether oxygens (including phenoxy) is 2. The van der Waals surface area contributed by atoms with Gasteiger partial charge in [0, 0.05) is 6.20 Å². The third kappa shape index (κ3) is 2.62. The number of nitrogens with zero attached hydrogens (tertiary/aromatic N) is 1. The molecule has 0 aliphatic carbocycles. The Morgan fingerprint density at radius 3 is 2.74 bits per heavy atom. The van der Waals surface area contributed by atoms with Crippen LogP contribution in [0.5, 0.6) is 11.6 Å². The minimum Gasteiger partial charge on any atom is -0.465 e. The van der Waals surface area contributed by atoms with Crippen molar-refractivity contribution in [1.29, 1.82) is 0 Å². The predicted octanol–water partition coefficient (Wildman–Crippen LogP) is 2.38. The van der Waals surface area contributed by atoms with E-state index in [9.17, 15) is 9.18 Å². The zero-order valence-corrected chi connectivity index (χ0v) is 10.1. The summed E-state index contributed by atoms with van der Waals surface area (Å²) in [4.78, 5) is 15.3. The molecule has 0 amide bonds. The molecule has 19 heavy (non-hydrogen) atoms. The van der Waals surface area contributed by atoms with Crippen LogP contribution in [-0.2, 0) is 4.74 Å². The summed E-state index contributed by atoms with van der Waals surface area (Å²) < 4.78 is 23.3. The molecule has 0 aliphatic heterocycles. The zero-order valence-electron chi connectivity index (χ0n) is 10.1. The van der Waals surface area contributed by atoms with Gasteiger partial charge in [0.2, 0.25) is 5.88 Å². The highest BCUT2D eigenvalue weighted by molar-refractivity contribution is 5.96. The fourth-order valence-electron chi connectivity index (χ4n) is 1.45. The molecule has 98 valence electrons. The lowest BCUT2D eigenvalue weighted by molar-refractivity contribution is 0.0601.